The van der Waals surface area contributed by atoms with Crippen molar-refractivity contribution in [1.82, 2.24) is 0 Å². The smallest absolute Gasteiger partial charge is 0.0683 e. The highest BCUT2D eigenvalue weighted by Gasteiger charge is 2.32. The molecule has 2 heteroatoms. The van der Waals surface area contributed by atoms with Crippen molar-refractivity contribution >= 4 is 39.0 Å². The lowest BCUT2D eigenvalue weighted by molar-refractivity contribution is 1.09. The van der Waals surface area contributed by atoms with E-state index in [1.165, 1.54) is 82.9 Å². The highest BCUT2D eigenvalue weighted by Crippen LogP contribution is 2.27. The first-order valence-electron chi connectivity index (χ1n) is 14.3. The molecule has 0 fully saturated rings. The monoisotopic (exact) mass is 564 g/mol. The molecule has 0 radical (unpaired) electrons. The van der Waals surface area contributed by atoms with Crippen molar-refractivity contribution in [2.45, 2.75) is 117 Å². The Hall–Kier alpha value is -1.80. The molecule has 0 saturated carbocycles. The predicted octanol–water partition coefficient (Wildman–Crippen LogP) is 9.52. The first kappa shape index (κ1) is 35.2. The number of aryl methyl sites for hydroxylation is 6. The molecule has 0 aliphatic rings. The van der Waals surface area contributed by atoms with Crippen LogP contribution in [0.2, 0.25) is 0 Å². The Kier molecular flexibility index (Phi) is 15.4. The number of hydrogen-bond donors (Lipinski definition) is 0. The normalized spacial score (nSPS) is 9.86. The second kappa shape index (κ2) is 16.2. The number of rotatable bonds is 3. The van der Waals surface area contributed by atoms with Crippen molar-refractivity contribution in [2.75, 3.05) is 0 Å². The molecule has 0 atom stereocenters. The van der Waals surface area contributed by atoms with E-state index in [4.69, 9.17) is 0 Å². The first-order chi connectivity index (χ1) is 17.4. The lowest BCUT2D eigenvalue weighted by atomic mass is 9.32. The van der Waals surface area contributed by atoms with Gasteiger partial charge in [0.1, 0.15) is 0 Å². The molecule has 0 amide bonds. The molecule has 3 aromatic rings. The molecule has 0 spiro atoms. The third kappa shape index (κ3) is 8.09. The minimum atomic E-state index is 0.233. The molecule has 0 aliphatic carbocycles. The van der Waals surface area contributed by atoms with Gasteiger partial charge in [-0.3, -0.25) is 0 Å². The summed E-state index contributed by atoms with van der Waals surface area (Å²) in [4.78, 5) is 0. The molecule has 0 aromatic heterocycles. The number of hydrogen-bond acceptors (Lipinski definition) is 0. The fourth-order valence-electron chi connectivity index (χ4n) is 5.45. The topological polar surface area (TPSA) is 0 Å². The average Bonchev–Trinajstić information content (AvgIpc) is 2.83. The molecule has 204 valence electrons. The van der Waals surface area contributed by atoms with E-state index in [2.05, 4.69) is 123 Å². The lowest BCUT2D eigenvalue weighted by Gasteiger charge is -2.29. The van der Waals surface area contributed by atoms with Crippen molar-refractivity contribution in [1.29, 1.82) is 0 Å². The number of benzene rings is 3. The molecule has 0 saturated heterocycles. The summed E-state index contributed by atoms with van der Waals surface area (Å²) in [5, 5.41) is 0. The maximum absolute atomic E-state index is 3.85. The van der Waals surface area contributed by atoms with Gasteiger partial charge in [0.25, 0.3) is 0 Å². The zero-order valence-corrected chi connectivity index (χ0v) is 28.6. The highest BCUT2D eigenvalue weighted by molar-refractivity contribution is 9.10. The molecule has 0 N–H and O–H groups in total. The van der Waals surface area contributed by atoms with E-state index in [1.807, 2.05) is 27.7 Å². The maximum atomic E-state index is 3.85. The summed E-state index contributed by atoms with van der Waals surface area (Å²) in [5.41, 5.74) is 18.1. The Bertz CT molecular complexity index is 1040. The van der Waals surface area contributed by atoms with Crippen LogP contribution in [0.5, 0.6) is 0 Å². The van der Waals surface area contributed by atoms with Crippen LogP contribution in [0.15, 0.2) is 28.7 Å². The van der Waals surface area contributed by atoms with Gasteiger partial charge >= 0.3 is 0 Å². The van der Waals surface area contributed by atoms with Crippen LogP contribution in [0.4, 0.5) is 0 Å². The fraction of sp³-hybridized carbons (Fsp3) is 0.486. The van der Waals surface area contributed by atoms with Crippen molar-refractivity contribution in [3.63, 3.8) is 0 Å². The summed E-state index contributed by atoms with van der Waals surface area (Å²) < 4.78 is 1.25. The van der Waals surface area contributed by atoms with Crippen LogP contribution in [-0.2, 0) is 0 Å². The molecule has 0 heterocycles. The molecule has 0 aliphatic heterocycles. The van der Waals surface area contributed by atoms with E-state index in [9.17, 15) is 0 Å². The Balaban J connectivity index is 0.00000169. The van der Waals surface area contributed by atoms with Gasteiger partial charge < -0.3 is 0 Å². The molecular weight excluding hydrogens is 511 g/mol. The molecule has 3 aromatic carbocycles. The first-order valence-corrected chi connectivity index (χ1v) is 15.1. The quantitative estimate of drug-likeness (QED) is 0.278. The maximum Gasteiger partial charge on any atom is 0.243 e. The van der Waals surface area contributed by atoms with Crippen molar-refractivity contribution in [3.8, 4) is 0 Å². The van der Waals surface area contributed by atoms with Gasteiger partial charge in [-0.15, -0.1) is 0 Å². The van der Waals surface area contributed by atoms with Crippen LogP contribution in [0.1, 0.15) is 104 Å². The lowest BCUT2D eigenvalue weighted by Crippen LogP contribution is -2.57. The minimum Gasteiger partial charge on any atom is -0.0683 e. The Morgan fingerprint density at radius 3 is 0.973 bits per heavy atom. The fourth-order valence-corrected chi connectivity index (χ4v) is 6.05. The average molecular weight is 566 g/mol. The van der Waals surface area contributed by atoms with Gasteiger partial charge in [-0.1, -0.05) is 149 Å². The van der Waals surface area contributed by atoms with Crippen LogP contribution in [0.25, 0.3) is 0 Å². The van der Waals surface area contributed by atoms with Gasteiger partial charge in [0, 0.05) is 4.47 Å². The van der Waals surface area contributed by atoms with Crippen molar-refractivity contribution < 1.29 is 0 Å². The summed E-state index contributed by atoms with van der Waals surface area (Å²) in [7, 11) is 0. The van der Waals surface area contributed by atoms with E-state index in [0.29, 0.717) is 0 Å². The largest absolute Gasteiger partial charge is 0.243 e. The van der Waals surface area contributed by atoms with E-state index in [0.717, 1.165) is 0 Å². The predicted molar refractivity (Wildman–Crippen MR) is 178 cm³/mol. The molecule has 0 nitrogen and oxygen atoms in total. The van der Waals surface area contributed by atoms with Crippen LogP contribution < -0.4 is 16.4 Å². The Labute approximate surface area is 239 Å². The summed E-state index contributed by atoms with van der Waals surface area (Å²) in [5.74, 6) is 0. The summed E-state index contributed by atoms with van der Waals surface area (Å²) >= 11 is 3.85. The van der Waals surface area contributed by atoms with Crippen molar-refractivity contribution in [2.24, 2.45) is 0 Å². The SMILES string of the molecule is CC.CC.CCC.Cc1cc(C)c(B(c2c(C)cc(C)cc2C)c2c(C)c(C)c(Br)c(C)c2C)c(C)c1. The standard InChI is InChI=1S/C28H34BBr.C3H8.2C2H6/c1-15-11-17(3)25(18(4)12-15)29(26-19(5)13-16(2)14-20(26)6)27-21(7)23(9)28(30)24(10)22(27)8;1-3-2;2*1-2/h11-14H,1-10H3;3H2,1-2H3;2*1-2H3. The van der Waals surface area contributed by atoms with Crippen LogP contribution >= 0.6 is 15.9 Å². The third-order valence-electron chi connectivity index (χ3n) is 6.93. The second-order valence-electron chi connectivity index (χ2n) is 9.99. The van der Waals surface area contributed by atoms with Gasteiger partial charge in [-0.05, 0) is 80.4 Å². The van der Waals surface area contributed by atoms with E-state index in [1.54, 1.807) is 0 Å². The second-order valence-corrected chi connectivity index (χ2v) is 10.8. The highest BCUT2D eigenvalue weighted by atomic mass is 79.9. The van der Waals surface area contributed by atoms with Crippen LogP contribution in [-0.4, -0.2) is 6.71 Å². The zero-order chi connectivity index (χ0) is 29.2. The van der Waals surface area contributed by atoms with Gasteiger partial charge in [-0.25, -0.2) is 0 Å². The number of halogens is 1. The molecule has 3 rings (SSSR count). The Morgan fingerprint density at radius 1 is 0.486 bits per heavy atom. The summed E-state index contributed by atoms with van der Waals surface area (Å²) in [6.07, 6.45) is 1.25. The van der Waals surface area contributed by atoms with Gasteiger partial charge in [0.2, 0.25) is 6.71 Å². The van der Waals surface area contributed by atoms with Crippen LogP contribution in [0, 0.1) is 69.2 Å². The van der Waals surface area contributed by atoms with Gasteiger partial charge in [0.15, 0.2) is 0 Å². The molecule has 37 heavy (non-hydrogen) atoms. The van der Waals surface area contributed by atoms with Crippen molar-refractivity contribution in [3.05, 3.63) is 84.4 Å². The van der Waals surface area contributed by atoms with Gasteiger partial charge in [0.05, 0.1) is 0 Å². The summed E-state index contributed by atoms with van der Waals surface area (Å²) in [6, 6.07) is 9.38. The molecule has 0 unspecified atom stereocenters. The van der Waals surface area contributed by atoms with E-state index < -0.39 is 0 Å². The zero-order valence-electron chi connectivity index (χ0n) is 27.0. The van der Waals surface area contributed by atoms with Crippen LogP contribution in [0.3, 0.4) is 0 Å². The Morgan fingerprint density at radius 2 is 0.730 bits per heavy atom. The third-order valence-corrected chi connectivity index (χ3v) is 8.12. The molecule has 0 bridgehead atoms. The van der Waals surface area contributed by atoms with E-state index >= 15 is 0 Å². The van der Waals surface area contributed by atoms with E-state index in [-0.39, 0.29) is 6.71 Å². The summed E-state index contributed by atoms with van der Waals surface area (Å²) in [6.45, 7) is 35.1. The minimum absolute atomic E-state index is 0.233. The van der Waals surface area contributed by atoms with Gasteiger partial charge in [-0.2, -0.15) is 0 Å². The molecular formula is C35H54BBr.